The van der Waals surface area contributed by atoms with Crippen LogP contribution >= 0.6 is 11.3 Å². The van der Waals surface area contributed by atoms with Crippen molar-refractivity contribution >= 4 is 44.1 Å². The SMILES string of the molecule is CCOc1ccc(C(O)=C2C(=O)C(=O)N(c3nc4ccc(C)cc4s3)[C@@H]2c2cccc(OC)c2OC)cc1. The molecule has 0 unspecified atom stereocenters. The number of carbonyl (C=O) groups excluding carboxylic acids is 2. The van der Waals surface area contributed by atoms with Crippen molar-refractivity contribution in [2.45, 2.75) is 19.9 Å². The third kappa shape index (κ3) is 4.24. The number of methoxy groups -OCH3 is 2. The van der Waals surface area contributed by atoms with Gasteiger partial charge in [0, 0.05) is 11.1 Å². The molecule has 9 heteroatoms. The molecule has 1 N–H and O–H groups in total. The van der Waals surface area contributed by atoms with Crippen LogP contribution in [0.1, 0.15) is 29.7 Å². The molecule has 0 aliphatic carbocycles. The van der Waals surface area contributed by atoms with Gasteiger partial charge in [-0.15, -0.1) is 0 Å². The lowest BCUT2D eigenvalue weighted by Gasteiger charge is -2.25. The highest BCUT2D eigenvalue weighted by atomic mass is 32.1. The first-order valence-corrected chi connectivity index (χ1v) is 12.8. The van der Waals surface area contributed by atoms with Crippen LogP contribution in [0.5, 0.6) is 17.2 Å². The summed E-state index contributed by atoms with van der Waals surface area (Å²) in [6.07, 6.45) is 0. The Bertz CT molecular complexity index is 1570. The first kappa shape index (κ1) is 25.3. The lowest BCUT2D eigenvalue weighted by Crippen LogP contribution is -2.29. The summed E-state index contributed by atoms with van der Waals surface area (Å²) in [4.78, 5) is 33.1. The number of thiazole rings is 1. The van der Waals surface area contributed by atoms with E-state index in [4.69, 9.17) is 14.2 Å². The van der Waals surface area contributed by atoms with Crippen molar-refractivity contribution in [1.29, 1.82) is 0 Å². The molecule has 1 fully saturated rings. The minimum atomic E-state index is -1.01. The van der Waals surface area contributed by atoms with Crippen molar-refractivity contribution in [1.82, 2.24) is 4.98 Å². The molecule has 38 heavy (non-hydrogen) atoms. The van der Waals surface area contributed by atoms with Crippen molar-refractivity contribution in [2.24, 2.45) is 0 Å². The number of aliphatic hydroxyl groups is 1. The van der Waals surface area contributed by atoms with Crippen LogP contribution in [0.15, 0.2) is 66.2 Å². The van der Waals surface area contributed by atoms with Gasteiger partial charge in [-0.1, -0.05) is 29.5 Å². The van der Waals surface area contributed by atoms with E-state index in [1.165, 1.54) is 30.5 Å². The number of ether oxygens (including phenoxy) is 3. The molecule has 4 aromatic rings. The molecular formula is C29H26N2O6S. The predicted molar refractivity (Wildman–Crippen MR) is 146 cm³/mol. The Balaban J connectivity index is 1.74. The fourth-order valence-corrected chi connectivity index (χ4v) is 5.70. The highest BCUT2D eigenvalue weighted by molar-refractivity contribution is 7.22. The second-order valence-corrected chi connectivity index (χ2v) is 9.69. The number of aromatic nitrogens is 1. The fourth-order valence-electron chi connectivity index (χ4n) is 4.61. The zero-order valence-electron chi connectivity index (χ0n) is 21.3. The second-order valence-electron chi connectivity index (χ2n) is 8.68. The standard InChI is InChI=1S/C29H26N2O6S/c1-5-37-18-12-10-17(11-13-18)25(32)23-24(19-7-6-8-21(35-3)27(19)36-4)31(28(34)26(23)33)29-30-20-14-9-16(2)15-22(20)38-29/h6-15,24,32H,5H2,1-4H3/t24-/m1/s1. The summed E-state index contributed by atoms with van der Waals surface area (Å²) >= 11 is 1.30. The largest absolute Gasteiger partial charge is 0.507 e. The van der Waals surface area contributed by atoms with Gasteiger partial charge in [0.25, 0.3) is 5.78 Å². The maximum atomic E-state index is 13.6. The summed E-state index contributed by atoms with van der Waals surface area (Å²) in [6, 6.07) is 16.7. The van der Waals surface area contributed by atoms with Crippen LogP contribution in [-0.2, 0) is 9.59 Å². The molecule has 5 rings (SSSR count). The summed E-state index contributed by atoms with van der Waals surface area (Å²) in [6.45, 7) is 4.34. The Morgan fingerprint density at radius 2 is 1.82 bits per heavy atom. The predicted octanol–water partition coefficient (Wildman–Crippen LogP) is 5.65. The molecular weight excluding hydrogens is 504 g/mol. The van der Waals surface area contributed by atoms with E-state index in [0.29, 0.717) is 45.6 Å². The molecule has 1 saturated heterocycles. The number of benzene rings is 3. The molecule has 1 aromatic heterocycles. The Morgan fingerprint density at radius 1 is 1.05 bits per heavy atom. The van der Waals surface area contributed by atoms with E-state index in [1.807, 2.05) is 32.0 Å². The maximum Gasteiger partial charge on any atom is 0.301 e. The number of ketones is 1. The quantitative estimate of drug-likeness (QED) is 0.187. The summed E-state index contributed by atoms with van der Waals surface area (Å²) in [5.74, 6) is -0.510. The third-order valence-corrected chi connectivity index (χ3v) is 7.37. The van der Waals surface area contributed by atoms with Crippen LogP contribution in [0, 0.1) is 6.92 Å². The van der Waals surface area contributed by atoms with E-state index in [-0.39, 0.29) is 11.3 Å². The molecule has 8 nitrogen and oxygen atoms in total. The fraction of sp³-hybridized carbons (Fsp3) is 0.207. The Hall–Kier alpha value is -4.37. The van der Waals surface area contributed by atoms with Crippen molar-refractivity contribution in [3.63, 3.8) is 0 Å². The van der Waals surface area contributed by atoms with Crippen molar-refractivity contribution in [3.05, 3.63) is 82.9 Å². The van der Waals surface area contributed by atoms with Gasteiger partial charge in [-0.3, -0.25) is 14.5 Å². The summed E-state index contributed by atoms with van der Waals surface area (Å²) in [5, 5.41) is 11.8. The zero-order chi connectivity index (χ0) is 27.0. The zero-order valence-corrected chi connectivity index (χ0v) is 22.2. The number of fused-ring (bicyclic) bond motifs is 1. The second kappa shape index (κ2) is 10.2. The van der Waals surface area contributed by atoms with Crippen LogP contribution in [0.2, 0.25) is 0 Å². The molecule has 1 aliphatic heterocycles. The van der Waals surface area contributed by atoms with Crippen molar-refractivity contribution in [2.75, 3.05) is 25.7 Å². The van der Waals surface area contributed by atoms with Gasteiger partial charge in [-0.25, -0.2) is 4.98 Å². The van der Waals surface area contributed by atoms with Gasteiger partial charge in [0.15, 0.2) is 16.6 Å². The van der Waals surface area contributed by atoms with E-state index >= 15 is 0 Å². The highest BCUT2D eigenvalue weighted by Gasteiger charge is 2.49. The minimum absolute atomic E-state index is 0.0684. The van der Waals surface area contributed by atoms with Crippen LogP contribution in [0.3, 0.4) is 0 Å². The molecule has 1 aliphatic rings. The molecule has 1 atom stereocenters. The summed E-state index contributed by atoms with van der Waals surface area (Å²) < 4.78 is 17.5. The van der Waals surface area contributed by atoms with Gasteiger partial charge in [0.1, 0.15) is 17.6 Å². The summed E-state index contributed by atoms with van der Waals surface area (Å²) in [5.41, 5.74) is 2.55. The molecule has 1 amide bonds. The van der Waals surface area contributed by atoms with E-state index in [9.17, 15) is 14.7 Å². The monoisotopic (exact) mass is 530 g/mol. The lowest BCUT2D eigenvalue weighted by molar-refractivity contribution is -0.132. The number of aryl methyl sites for hydroxylation is 1. The van der Waals surface area contributed by atoms with E-state index in [0.717, 1.165) is 10.3 Å². The smallest absolute Gasteiger partial charge is 0.301 e. The van der Waals surface area contributed by atoms with Gasteiger partial charge >= 0.3 is 5.91 Å². The first-order chi connectivity index (χ1) is 18.4. The van der Waals surface area contributed by atoms with E-state index in [1.54, 1.807) is 42.5 Å². The molecule has 3 aromatic carbocycles. The average Bonchev–Trinajstić information content (AvgIpc) is 3.45. The van der Waals surface area contributed by atoms with Gasteiger partial charge in [-0.2, -0.15) is 0 Å². The topological polar surface area (TPSA) is 98.2 Å². The Kier molecular flexibility index (Phi) is 6.77. The molecule has 0 spiro atoms. The van der Waals surface area contributed by atoms with Crippen molar-refractivity contribution < 1.29 is 28.9 Å². The van der Waals surface area contributed by atoms with Gasteiger partial charge in [0.05, 0.1) is 36.6 Å². The number of anilines is 1. The van der Waals surface area contributed by atoms with E-state index in [2.05, 4.69) is 4.98 Å². The number of para-hydroxylation sites is 1. The highest BCUT2D eigenvalue weighted by Crippen LogP contribution is 2.48. The molecule has 0 bridgehead atoms. The number of Topliss-reactive ketones (excluding diaryl/α,β-unsaturated/α-hetero) is 1. The van der Waals surface area contributed by atoms with Crippen LogP contribution in [-0.4, -0.2) is 42.6 Å². The maximum absolute atomic E-state index is 13.6. The summed E-state index contributed by atoms with van der Waals surface area (Å²) in [7, 11) is 2.99. The van der Waals surface area contributed by atoms with Gasteiger partial charge < -0.3 is 19.3 Å². The minimum Gasteiger partial charge on any atom is -0.507 e. The number of nitrogens with zero attached hydrogens (tertiary/aromatic N) is 2. The number of aliphatic hydroxyl groups excluding tert-OH is 1. The van der Waals surface area contributed by atoms with Crippen LogP contribution < -0.4 is 19.1 Å². The average molecular weight is 531 g/mol. The lowest BCUT2D eigenvalue weighted by atomic mass is 9.94. The molecule has 2 heterocycles. The Labute approximate surface area is 223 Å². The van der Waals surface area contributed by atoms with Crippen LogP contribution in [0.4, 0.5) is 5.13 Å². The van der Waals surface area contributed by atoms with E-state index < -0.39 is 17.7 Å². The number of amides is 1. The number of hydrogen-bond donors (Lipinski definition) is 1. The van der Waals surface area contributed by atoms with Gasteiger partial charge in [0.2, 0.25) is 0 Å². The third-order valence-electron chi connectivity index (χ3n) is 6.35. The molecule has 194 valence electrons. The normalized spacial score (nSPS) is 16.7. The van der Waals surface area contributed by atoms with Crippen molar-refractivity contribution in [3.8, 4) is 17.2 Å². The number of carbonyl (C=O) groups is 2. The Morgan fingerprint density at radius 3 is 2.50 bits per heavy atom. The van der Waals surface area contributed by atoms with Gasteiger partial charge in [-0.05, 0) is 61.9 Å². The molecule has 0 radical (unpaired) electrons. The first-order valence-electron chi connectivity index (χ1n) is 12.0. The van der Waals surface area contributed by atoms with Crippen LogP contribution in [0.25, 0.3) is 16.0 Å². The number of rotatable bonds is 7. The number of hydrogen-bond acceptors (Lipinski definition) is 8. The molecule has 0 saturated carbocycles.